The SMILES string of the molecule is O=C(COC1CCCC1)Nc1ccccc1C(=O)NC1CCCC1. The topological polar surface area (TPSA) is 67.4 Å². The number of amides is 2. The summed E-state index contributed by atoms with van der Waals surface area (Å²) in [4.78, 5) is 24.6. The first-order valence-corrected chi connectivity index (χ1v) is 9.04. The molecule has 2 aliphatic rings. The molecule has 2 amide bonds. The van der Waals surface area contributed by atoms with Crippen LogP contribution in [-0.4, -0.2) is 30.6 Å². The molecule has 5 heteroatoms. The van der Waals surface area contributed by atoms with Crippen LogP contribution in [0.5, 0.6) is 0 Å². The third-order valence-electron chi connectivity index (χ3n) is 4.89. The van der Waals surface area contributed by atoms with E-state index in [1.54, 1.807) is 12.1 Å². The van der Waals surface area contributed by atoms with E-state index in [0.29, 0.717) is 11.3 Å². The molecule has 0 atom stereocenters. The molecule has 0 bridgehead atoms. The zero-order valence-electron chi connectivity index (χ0n) is 14.1. The Kier molecular flexibility index (Phi) is 5.86. The number of hydrogen-bond donors (Lipinski definition) is 2. The summed E-state index contributed by atoms with van der Waals surface area (Å²) in [6.07, 6.45) is 9.04. The van der Waals surface area contributed by atoms with Crippen molar-refractivity contribution in [3.8, 4) is 0 Å². The largest absolute Gasteiger partial charge is 0.368 e. The fourth-order valence-corrected chi connectivity index (χ4v) is 3.56. The molecule has 0 spiro atoms. The highest BCUT2D eigenvalue weighted by Gasteiger charge is 2.21. The highest BCUT2D eigenvalue weighted by molar-refractivity contribution is 6.04. The van der Waals surface area contributed by atoms with Gasteiger partial charge in [-0.3, -0.25) is 9.59 Å². The third kappa shape index (κ3) is 4.57. The van der Waals surface area contributed by atoms with Gasteiger partial charge in [0.2, 0.25) is 5.91 Å². The van der Waals surface area contributed by atoms with Crippen LogP contribution in [0, 0.1) is 0 Å². The molecule has 2 fully saturated rings. The highest BCUT2D eigenvalue weighted by atomic mass is 16.5. The summed E-state index contributed by atoms with van der Waals surface area (Å²) < 4.78 is 5.63. The van der Waals surface area contributed by atoms with Crippen molar-refractivity contribution in [2.75, 3.05) is 11.9 Å². The van der Waals surface area contributed by atoms with Gasteiger partial charge in [0.05, 0.1) is 17.4 Å². The van der Waals surface area contributed by atoms with Crippen LogP contribution in [0.25, 0.3) is 0 Å². The van der Waals surface area contributed by atoms with E-state index >= 15 is 0 Å². The lowest BCUT2D eigenvalue weighted by molar-refractivity contribution is -0.122. The Labute approximate surface area is 143 Å². The first-order chi connectivity index (χ1) is 11.7. The molecule has 24 heavy (non-hydrogen) atoms. The molecule has 1 aromatic rings. The van der Waals surface area contributed by atoms with Crippen molar-refractivity contribution in [2.45, 2.75) is 63.5 Å². The van der Waals surface area contributed by atoms with Gasteiger partial charge in [-0.05, 0) is 37.8 Å². The van der Waals surface area contributed by atoms with Crippen molar-refractivity contribution in [3.63, 3.8) is 0 Å². The van der Waals surface area contributed by atoms with E-state index in [4.69, 9.17) is 4.74 Å². The standard InChI is InChI=1S/C19H26N2O3/c22-18(13-24-15-9-3-4-10-15)21-17-12-6-5-11-16(17)19(23)20-14-7-1-2-8-14/h5-6,11-12,14-15H,1-4,7-10,13H2,(H,20,23)(H,21,22). The molecule has 130 valence electrons. The van der Waals surface area contributed by atoms with Gasteiger partial charge in [-0.1, -0.05) is 37.8 Å². The maximum absolute atomic E-state index is 12.5. The molecule has 5 nitrogen and oxygen atoms in total. The highest BCUT2D eigenvalue weighted by Crippen LogP contribution is 2.22. The summed E-state index contributed by atoms with van der Waals surface area (Å²) in [6, 6.07) is 7.40. The van der Waals surface area contributed by atoms with Gasteiger partial charge in [-0.15, -0.1) is 0 Å². The van der Waals surface area contributed by atoms with Crippen LogP contribution in [0.15, 0.2) is 24.3 Å². The van der Waals surface area contributed by atoms with Crippen LogP contribution in [0.1, 0.15) is 61.7 Å². The monoisotopic (exact) mass is 330 g/mol. The molecule has 1 aromatic carbocycles. The van der Waals surface area contributed by atoms with E-state index in [0.717, 1.165) is 25.7 Å². The Morgan fingerprint density at radius 1 is 1.00 bits per heavy atom. The minimum Gasteiger partial charge on any atom is -0.368 e. The molecular weight excluding hydrogens is 304 g/mol. The van der Waals surface area contributed by atoms with E-state index in [-0.39, 0.29) is 30.6 Å². The zero-order chi connectivity index (χ0) is 16.8. The fourth-order valence-electron chi connectivity index (χ4n) is 3.56. The second-order valence-corrected chi connectivity index (χ2v) is 6.77. The zero-order valence-corrected chi connectivity index (χ0v) is 14.1. The van der Waals surface area contributed by atoms with Crippen molar-refractivity contribution < 1.29 is 14.3 Å². The van der Waals surface area contributed by atoms with E-state index in [2.05, 4.69) is 10.6 Å². The number of carbonyl (C=O) groups is 2. The van der Waals surface area contributed by atoms with Crippen LogP contribution in [0.4, 0.5) is 5.69 Å². The maximum atomic E-state index is 12.5. The Balaban J connectivity index is 1.56. The smallest absolute Gasteiger partial charge is 0.253 e. The van der Waals surface area contributed by atoms with Gasteiger partial charge in [0.25, 0.3) is 5.91 Å². The number of nitrogens with one attached hydrogen (secondary N) is 2. The summed E-state index contributed by atoms with van der Waals surface area (Å²) >= 11 is 0. The quantitative estimate of drug-likeness (QED) is 0.841. The predicted molar refractivity (Wildman–Crippen MR) is 93.0 cm³/mol. The average Bonchev–Trinajstić information content (AvgIpc) is 3.27. The lowest BCUT2D eigenvalue weighted by Crippen LogP contribution is -2.33. The van der Waals surface area contributed by atoms with Gasteiger partial charge in [0.15, 0.2) is 0 Å². The number of ether oxygens (including phenoxy) is 1. The van der Waals surface area contributed by atoms with E-state index < -0.39 is 0 Å². The Hall–Kier alpha value is -1.88. The lowest BCUT2D eigenvalue weighted by Gasteiger charge is -2.15. The van der Waals surface area contributed by atoms with Crippen LogP contribution >= 0.6 is 0 Å². The Morgan fingerprint density at radius 3 is 2.42 bits per heavy atom. The van der Waals surface area contributed by atoms with Crippen molar-refractivity contribution in [2.24, 2.45) is 0 Å². The van der Waals surface area contributed by atoms with Crippen LogP contribution in [0.3, 0.4) is 0 Å². The van der Waals surface area contributed by atoms with Gasteiger partial charge < -0.3 is 15.4 Å². The van der Waals surface area contributed by atoms with Crippen LogP contribution in [-0.2, 0) is 9.53 Å². The van der Waals surface area contributed by atoms with Gasteiger partial charge in [0, 0.05) is 6.04 Å². The number of hydrogen-bond acceptors (Lipinski definition) is 3. The molecule has 0 heterocycles. The minimum atomic E-state index is -0.206. The molecule has 3 rings (SSSR count). The maximum Gasteiger partial charge on any atom is 0.253 e. The van der Waals surface area contributed by atoms with Crippen molar-refractivity contribution in [1.82, 2.24) is 5.32 Å². The van der Waals surface area contributed by atoms with Crippen molar-refractivity contribution in [1.29, 1.82) is 0 Å². The van der Waals surface area contributed by atoms with E-state index in [9.17, 15) is 9.59 Å². The van der Waals surface area contributed by atoms with Crippen LogP contribution in [0.2, 0.25) is 0 Å². The van der Waals surface area contributed by atoms with E-state index in [1.165, 1.54) is 25.7 Å². The summed E-state index contributed by atoms with van der Waals surface area (Å²) in [6.45, 7) is 0.0449. The molecule has 0 radical (unpaired) electrons. The molecule has 0 aliphatic heterocycles. The third-order valence-corrected chi connectivity index (χ3v) is 4.89. The summed E-state index contributed by atoms with van der Waals surface area (Å²) in [5.74, 6) is -0.322. The normalized spacial score (nSPS) is 18.7. The number of rotatable bonds is 6. The molecule has 2 aliphatic carbocycles. The first kappa shape index (κ1) is 17.0. The summed E-state index contributed by atoms with van der Waals surface area (Å²) in [7, 11) is 0. The fraction of sp³-hybridized carbons (Fsp3) is 0.579. The molecule has 2 N–H and O–H groups in total. The average molecular weight is 330 g/mol. The van der Waals surface area contributed by atoms with Gasteiger partial charge >= 0.3 is 0 Å². The summed E-state index contributed by atoms with van der Waals surface area (Å²) in [5.41, 5.74) is 1.06. The summed E-state index contributed by atoms with van der Waals surface area (Å²) in [5, 5.41) is 5.88. The Bertz CT molecular complexity index is 576. The first-order valence-electron chi connectivity index (χ1n) is 9.04. The number of para-hydroxylation sites is 1. The van der Waals surface area contributed by atoms with E-state index in [1.807, 2.05) is 12.1 Å². The minimum absolute atomic E-state index is 0.0449. The molecule has 0 unspecified atom stereocenters. The van der Waals surface area contributed by atoms with Gasteiger partial charge in [-0.2, -0.15) is 0 Å². The van der Waals surface area contributed by atoms with Gasteiger partial charge in [-0.25, -0.2) is 0 Å². The number of carbonyl (C=O) groups excluding carboxylic acids is 2. The van der Waals surface area contributed by atoms with Crippen molar-refractivity contribution in [3.05, 3.63) is 29.8 Å². The molecular formula is C19H26N2O3. The van der Waals surface area contributed by atoms with Gasteiger partial charge in [0.1, 0.15) is 6.61 Å². The molecule has 0 saturated heterocycles. The second-order valence-electron chi connectivity index (χ2n) is 6.77. The number of benzene rings is 1. The Morgan fingerprint density at radius 2 is 1.67 bits per heavy atom. The molecule has 2 saturated carbocycles. The lowest BCUT2D eigenvalue weighted by atomic mass is 10.1. The second kappa shape index (κ2) is 8.29. The molecule has 0 aromatic heterocycles. The predicted octanol–water partition coefficient (Wildman–Crippen LogP) is 3.26. The van der Waals surface area contributed by atoms with Crippen LogP contribution < -0.4 is 10.6 Å². The number of anilines is 1. The van der Waals surface area contributed by atoms with Crippen molar-refractivity contribution >= 4 is 17.5 Å².